The highest BCUT2D eigenvalue weighted by atomic mass is 32.1. The number of hydrogen-bond acceptors (Lipinski definition) is 5. The van der Waals surface area contributed by atoms with Gasteiger partial charge in [-0.25, -0.2) is 4.98 Å². The monoisotopic (exact) mass is 327 g/mol. The molecule has 6 nitrogen and oxygen atoms in total. The Bertz CT molecular complexity index is 483. The number of ether oxygens (including phenoxy) is 1. The van der Waals surface area contributed by atoms with Crippen LogP contribution in [0.2, 0.25) is 0 Å². The van der Waals surface area contributed by atoms with Crippen molar-refractivity contribution in [3.8, 4) is 0 Å². The van der Waals surface area contributed by atoms with Crippen LogP contribution in [-0.2, 0) is 14.3 Å². The summed E-state index contributed by atoms with van der Waals surface area (Å²) in [7, 11) is 0. The van der Waals surface area contributed by atoms with Crippen molar-refractivity contribution in [3.05, 3.63) is 10.6 Å². The Labute approximate surface area is 135 Å². The Morgan fingerprint density at radius 1 is 1.32 bits per heavy atom. The van der Waals surface area contributed by atoms with Gasteiger partial charge in [-0.1, -0.05) is 6.92 Å². The predicted octanol–water partition coefficient (Wildman–Crippen LogP) is 2.36. The molecular formula is C15H25N3O3S. The summed E-state index contributed by atoms with van der Waals surface area (Å²) in [5.41, 5.74) is 0.915. The molecule has 0 atom stereocenters. The van der Waals surface area contributed by atoms with Crippen molar-refractivity contribution >= 4 is 28.3 Å². The van der Waals surface area contributed by atoms with Gasteiger partial charge in [-0.2, -0.15) is 0 Å². The van der Waals surface area contributed by atoms with Crippen LogP contribution in [-0.4, -0.2) is 48.0 Å². The SMILES string of the molecule is CCOCCCN(CC(=O)Nc1nc(C)c(C)s1)C(=O)CC. The molecule has 22 heavy (non-hydrogen) atoms. The van der Waals surface area contributed by atoms with Crippen LogP contribution >= 0.6 is 11.3 Å². The molecule has 0 aliphatic heterocycles. The number of amides is 2. The number of nitrogens with zero attached hydrogens (tertiary/aromatic N) is 2. The molecular weight excluding hydrogens is 302 g/mol. The van der Waals surface area contributed by atoms with Gasteiger partial charge in [0.05, 0.1) is 12.2 Å². The number of carbonyl (C=O) groups excluding carboxylic acids is 2. The molecule has 0 spiro atoms. The van der Waals surface area contributed by atoms with E-state index in [9.17, 15) is 9.59 Å². The molecule has 0 aromatic carbocycles. The van der Waals surface area contributed by atoms with E-state index in [2.05, 4.69) is 10.3 Å². The van der Waals surface area contributed by atoms with Crippen LogP contribution in [0.5, 0.6) is 0 Å². The molecule has 124 valence electrons. The summed E-state index contributed by atoms with van der Waals surface area (Å²) in [6.45, 7) is 9.42. The van der Waals surface area contributed by atoms with Crippen LogP contribution in [0, 0.1) is 13.8 Å². The fourth-order valence-corrected chi connectivity index (χ4v) is 2.71. The van der Waals surface area contributed by atoms with E-state index < -0.39 is 0 Å². The summed E-state index contributed by atoms with van der Waals surface area (Å²) >= 11 is 1.44. The minimum atomic E-state index is -0.216. The van der Waals surface area contributed by atoms with Crippen LogP contribution < -0.4 is 5.32 Å². The zero-order chi connectivity index (χ0) is 16.5. The predicted molar refractivity (Wildman–Crippen MR) is 88.2 cm³/mol. The molecule has 2 amide bonds. The maximum atomic E-state index is 12.1. The van der Waals surface area contributed by atoms with Gasteiger partial charge in [0, 0.05) is 31.1 Å². The van der Waals surface area contributed by atoms with Crippen LogP contribution in [0.3, 0.4) is 0 Å². The van der Waals surface area contributed by atoms with Gasteiger partial charge in [-0.3, -0.25) is 9.59 Å². The quantitative estimate of drug-likeness (QED) is 0.707. The molecule has 1 aromatic heterocycles. The van der Waals surface area contributed by atoms with E-state index in [0.29, 0.717) is 31.3 Å². The second-order valence-electron chi connectivity index (χ2n) is 4.93. The van der Waals surface area contributed by atoms with Gasteiger partial charge >= 0.3 is 0 Å². The standard InChI is InChI=1S/C15H25N3O3S/c1-5-14(20)18(8-7-9-21-6-2)10-13(19)17-15-16-11(3)12(4)22-15/h5-10H2,1-4H3,(H,16,17,19). The molecule has 1 rings (SSSR count). The highest BCUT2D eigenvalue weighted by Crippen LogP contribution is 2.20. The lowest BCUT2D eigenvalue weighted by Crippen LogP contribution is -2.38. The van der Waals surface area contributed by atoms with E-state index in [-0.39, 0.29) is 18.4 Å². The number of thiazole rings is 1. The van der Waals surface area contributed by atoms with Gasteiger partial charge in [0.2, 0.25) is 11.8 Å². The molecule has 0 aliphatic carbocycles. The number of nitrogens with one attached hydrogen (secondary N) is 1. The normalized spacial score (nSPS) is 10.5. The van der Waals surface area contributed by atoms with E-state index in [1.54, 1.807) is 11.8 Å². The lowest BCUT2D eigenvalue weighted by atomic mass is 10.3. The number of aryl methyl sites for hydroxylation is 2. The summed E-state index contributed by atoms with van der Waals surface area (Å²) in [5.74, 6) is -0.245. The fraction of sp³-hybridized carbons (Fsp3) is 0.667. The van der Waals surface area contributed by atoms with Crippen molar-refractivity contribution < 1.29 is 14.3 Å². The van der Waals surface area contributed by atoms with E-state index in [4.69, 9.17) is 4.74 Å². The first-order chi connectivity index (χ1) is 10.5. The number of aromatic nitrogens is 1. The minimum absolute atomic E-state index is 0.0295. The second kappa shape index (κ2) is 9.53. The summed E-state index contributed by atoms with van der Waals surface area (Å²) in [5, 5.41) is 3.34. The van der Waals surface area contributed by atoms with Crippen LogP contribution in [0.15, 0.2) is 0 Å². The molecule has 0 unspecified atom stereocenters. The molecule has 0 bridgehead atoms. The van der Waals surface area contributed by atoms with Crippen molar-refractivity contribution in [2.24, 2.45) is 0 Å². The average Bonchev–Trinajstić information content (AvgIpc) is 2.79. The smallest absolute Gasteiger partial charge is 0.245 e. The first-order valence-corrected chi connectivity index (χ1v) is 8.38. The van der Waals surface area contributed by atoms with Crippen molar-refractivity contribution in [3.63, 3.8) is 0 Å². The number of carbonyl (C=O) groups is 2. The second-order valence-corrected chi connectivity index (χ2v) is 6.13. The number of hydrogen-bond donors (Lipinski definition) is 1. The Kier molecular flexibility index (Phi) is 8.05. The van der Waals surface area contributed by atoms with Gasteiger partial charge < -0.3 is 15.0 Å². The van der Waals surface area contributed by atoms with Gasteiger partial charge in [-0.05, 0) is 27.2 Å². The minimum Gasteiger partial charge on any atom is -0.382 e. The fourth-order valence-electron chi connectivity index (χ4n) is 1.88. The maximum absolute atomic E-state index is 12.1. The summed E-state index contributed by atoms with van der Waals surface area (Å²) in [6, 6.07) is 0. The molecule has 0 aliphatic rings. The highest BCUT2D eigenvalue weighted by molar-refractivity contribution is 7.15. The van der Waals surface area contributed by atoms with Crippen molar-refractivity contribution in [2.45, 2.75) is 40.5 Å². The molecule has 1 aromatic rings. The van der Waals surface area contributed by atoms with Gasteiger partial charge in [0.25, 0.3) is 0 Å². The highest BCUT2D eigenvalue weighted by Gasteiger charge is 2.16. The van der Waals surface area contributed by atoms with E-state index in [1.807, 2.05) is 20.8 Å². The molecule has 0 saturated heterocycles. The van der Waals surface area contributed by atoms with E-state index in [0.717, 1.165) is 17.0 Å². The number of anilines is 1. The van der Waals surface area contributed by atoms with E-state index >= 15 is 0 Å². The number of rotatable bonds is 9. The van der Waals surface area contributed by atoms with Crippen LogP contribution in [0.4, 0.5) is 5.13 Å². The summed E-state index contributed by atoms with van der Waals surface area (Å²) < 4.78 is 5.27. The van der Waals surface area contributed by atoms with Gasteiger partial charge in [0.1, 0.15) is 0 Å². The Morgan fingerprint density at radius 3 is 2.59 bits per heavy atom. The van der Waals surface area contributed by atoms with Crippen molar-refractivity contribution in [1.82, 2.24) is 9.88 Å². The van der Waals surface area contributed by atoms with Crippen LogP contribution in [0.25, 0.3) is 0 Å². The first-order valence-electron chi connectivity index (χ1n) is 7.57. The van der Waals surface area contributed by atoms with Gasteiger partial charge in [0.15, 0.2) is 5.13 Å². The molecule has 0 radical (unpaired) electrons. The summed E-state index contributed by atoms with van der Waals surface area (Å²) in [6.07, 6.45) is 1.11. The Hall–Kier alpha value is -1.47. The third-order valence-electron chi connectivity index (χ3n) is 3.19. The maximum Gasteiger partial charge on any atom is 0.245 e. The topological polar surface area (TPSA) is 71.5 Å². The molecule has 1 heterocycles. The average molecular weight is 327 g/mol. The lowest BCUT2D eigenvalue weighted by molar-refractivity contribution is -0.134. The van der Waals surface area contributed by atoms with Crippen molar-refractivity contribution in [2.75, 3.05) is 31.6 Å². The summed E-state index contributed by atoms with van der Waals surface area (Å²) in [4.78, 5) is 30.9. The molecule has 1 N–H and O–H groups in total. The third kappa shape index (κ3) is 6.11. The largest absolute Gasteiger partial charge is 0.382 e. The molecule has 0 saturated carbocycles. The Morgan fingerprint density at radius 2 is 2.05 bits per heavy atom. The third-order valence-corrected chi connectivity index (χ3v) is 4.17. The zero-order valence-corrected chi connectivity index (χ0v) is 14.6. The zero-order valence-electron chi connectivity index (χ0n) is 13.8. The Balaban J connectivity index is 2.52. The lowest BCUT2D eigenvalue weighted by Gasteiger charge is -2.21. The van der Waals surface area contributed by atoms with Crippen LogP contribution in [0.1, 0.15) is 37.3 Å². The van der Waals surface area contributed by atoms with E-state index in [1.165, 1.54) is 11.3 Å². The first kappa shape index (κ1) is 18.6. The van der Waals surface area contributed by atoms with Crippen molar-refractivity contribution in [1.29, 1.82) is 0 Å². The molecule has 0 fully saturated rings. The molecule has 7 heteroatoms. The van der Waals surface area contributed by atoms with Gasteiger partial charge in [-0.15, -0.1) is 11.3 Å².